The molecule has 2 atom stereocenters. The molecule has 0 bridgehead atoms. The van der Waals surface area contributed by atoms with Gasteiger partial charge in [-0.25, -0.2) is 12.7 Å². The second-order valence-electron chi connectivity index (χ2n) is 7.16. The van der Waals surface area contributed by atoms with Crippen molar-refractivity contribution in [3.05, 3.63) is 34.9 Å². The molecule has 2 heterocycles. The third-order valence-corrected chi connectivity index (χ3v) is 6.85. The van der Waals surface area contributed by atoms with E-state index >= 15 is 0 Å². The molecule has 2 aliphatic rings. The third-order valence-electron chi connectivity index (χ3n) is 5.36. The molecule has 0 unspecified atom stereocenters. The lowest BCUT2D eigenvalue weighted by atomic mass is 9.75. The molecule has 138 valence electrons. The highest BCUT2D eigenvalue weighted by molar-refractivity contribution is 7.88. The summed E-state index contributed by atoms with van der Waals surface area (Å²) in [5, 5.41) is 0.574. The monoisotopic (exact) mass is 388 g/mol. The summed E-state index contributed by atoms with van der Waals surface area (Å²) in [7, 11) is -3.36. The maximum Gasteiger partial charge on any atom is 0.227 e. The predicted molar refractivity (Wildman–Crippen MR) is 94.7 cm³/mol. The summed E-state index contributed by atoms with van der Waals surface area (Å²) in [4.78, 5) is 14.3. The number of fused-ring (bicyclic) bond motifs is 1. The molecule has 0 spiro atoms. The summed E-state index contributed by atoms with van der Waals surface area (Å²) >= 11 is 5.95. The Bertz CT molecular complexity index is 773. The Balaban J connectivity index is 1.73. The number of carbonyl (C=O) groups excluding carboxylic acids is 1. The highest BCUT2D eigenvalue weighted by Gasteiger charge is 2.52. The smallest absolute Gasteiger partial charge is 0.227 e. The van der Waals surface area contributed by atoms with E-state index in [1.165, 1.54) is 4.31 Å². The summed E-state index contributed by atoms with van der Waals surface area (Å²) < 4.78 is 38.9. The van der Waals surface area contributed by atoms with E-state index in [0.717, 1.165) is 11.8 Å². The number of nitrogens with zero attached hydrogens (tertiary/aromatic N) is 2. The summed E-state index contributed by atoms with van der Waals surface area (Å²) in [6.45, 7) is 0.667. The average molecular weight is 389 g/mol. The molecule has 8 heteroatoms. The lowest BCUT2D eigenvalue weighted by Gasteiger charge is -2.41. The third kappa shape index (κ3) is 3.83. The first-order valence-electron chi connectivity index (χ1n) is 8.27. The maximum atomic E-state index is 13.9. The van der Waals surface area contributed by atoms with Gasteiger partial charge in [0.15, 0.2) is 0 Å². The molecule has 2 aliphatic heterocycles. The van der Waals surface area contributed by atoms with Crippen molar-refractivity contribution in [1.82, 2.24) is 9.21 Å². The second-order valence-corrected chi connectivity index (χ2v) is 9.58. The van der Waals surface area contributed by atoms with Crippen molar-refractivity contribution in [2.75, 3.05) is 39.1 Å². The van der Waals surface area contributed by atoms with Crippen molar-refractivity contribution >= 4 is 27.5 Å². The van der Waals surface area contributed by atoms with Crippen LogP contribution in [0, 0.1) is 11.3 Å². The normalized spacial score (nSPS) is 27.3. The lowest BCUT2D eigenvalue weighted by Crippen LogP contribution is -2.51. The minimum absolute atomic E-state index is 0.00110. The van der Waals surface area contributed by atoms with Crippen LogP contribution in [0.5, 0.6) is 0 Å². The van der Waals surface area contributed by atoms with Gasteiger partial charge in [-0.15, -0.1) is 0 Å². The Morgan fingerprint density at radius 2 is 2.16 bits per heavy atom. The van der Waals surface area contributed by atoms with Crippen LogP contribution in [0.4, 0.5) is 4.39 Å². The highest BCUT2D eigenvalue weighted by atomic mass is 35.5. The fraction of sp³-hybridized carbons (Fsp3) is 0.588. The molecule has 0 aromatic heterocycles. The number of amides is 1. The van der Waals surface area contributed by atoms with E-state index in [-0.39, 0.29) is 31.3 Å². The SMILES string of the molecule is CS(=O)(=O)N1CC[C@H]2CN(C(=O)Cc3cccc(Cl)c3)C[C@@]2(CF)C1. The summed E-state index contributed by atoms with van der Waals surface area (Å²) in [5.74, 6) is -0.0748. The van der Waals surface area contributed by atoms with E-state index in [0.29, 0.717) is 24.5 Å². The molecule has 25 heavy (non-hydrogen) atoms. The quantitative estimate of drug-likeness (QED) is 0.792. The first-order valence-corrected chi connectivity index (χ1v) is 10.5. The van der Waals surface area contributed by atoms with Gasteiger partial charge in [0.25, 0.3) is 0 Å². The fourth-order valence-electron chi connectivity index (χ4n) is 3.94. The zero-order valence-electron chi connectivity index (χ0n) is 14.1. The molecule has 1 amide bonds. The molecule has 5 nitrogen and oxygen atoms in total. The Kier molecular flexibility index (Phi) is 5.10. The number of sulfonamides is 1. The van der Waals surface area contributed by atoms with Crippen LogP contribution >= 0.6 is 11.6 Å². The average Bonchev–Trinajstić information content (AvgIpc) is 2.93. The number of hydrogen-bond donors (Lipinski definition) is 0. The highest BCUT2D eigenvalue weighted by Crippen LogP contribution is 2.43. The van der Waals surface area contributed by atoms with Gasteiger partial charge in [-0.3, -0.25) is 9.18 Å². The van der Waals surface area contributed by atoms with Crippen LogP contribution < -0.4 is 0 Å². The summed E-state index contributed by atoms with van der Waals surface area (Å²) in [6, 6.07) is 7.13. The lowest BCUT2D eigenvalue weighted by molar-refractivity contribution is -0.129. The van der Waals surface area contributed by atoms with Crippen molar-refractivity contribution in [2.45, 2.75) is 12.8 Å². The molecular weight excluding hydrogens is 367 g/mol. The van der Waals surface area contributed by atoms with Gasteiger partial charge in [0.05, 0.1) is 19.4 Å². The number of halogens is 2. The Hall–Kier alpha value is -1.18. The van der Waals surface area contributed by atoms with Crippen LogP contribution in [-0.4, -0.2) is 62.6 Å². The topological polar surface area (TPSA) is 57.7 Å². The number of piperidine rings is 1. The van der Waals surface area contributed by atoms with Crippen molar-refractivity contribution in [2.24, 2.45) is 11.3 Å². The molecule has 1 aromatic carbocycles. The van der Waals surface area contributed by atoms with Crippen LogP contribution in [0.2, 0.25) is 5.02 Å². The van der Waals surface area contributed by atoms with E-state index in [9.17, 15) is 17.6 Å². The second kappa shape index (κ2) is 6.85. The molecule has 2 fully saturated rings. The van der Waals surface area contributed by atoms with Gasteiger partial charge in [0, 0.05) is 36.6 Å². The Morgan fingerprint density at radius 3 is 2.80 bits per heavy atom. The van der Waals surface area contributed by atoms with E-state index in [1.807, 2.05) is 6.07 Å². The van der Waals surface area contributed by atoms with Gasteiger partial charge in [-0.1, -0.05) is 23.7 Å². The van der Waals surface area contributed by atoms with E-state index in [2.05, 4.69) is 0 Å². The molecule has 0 aliphatic carbocycles. The number of carbonyl (C=O) groups is 1. The van der Waals surface area contributed by atoms with Gasteiger partial charge in [0.2, 0.25) is 15.9 Å². The Labute approximate surface area is 152 Å². The van der Waals surface area contributed by atoms with Crippen LogP contribution in [0.1, 0.15) is 12.0 Å². The number of likely N-dealkylation sites (tertiary alicyclic amines) is 1. The summed E-state index contributed by atoms with van der Waals surface area (Å²) in [5.41, 5.74) is 0.0325. The molecule has 0 saturated carbocycles. The number of rotatable bonds is 4. The zero-order chi connectivity index (χ0) is 18.2. The molecule has 3 rings (SSSR count). The van der Waals surface area contributed by atoms with E-state index < -0.39 is 22.1 Å². The largest absolute Gasteiger partial charge is 0.341 e. The van der Waals surface area contributed by atoms with Crippen molar-refractivity contribution in [1.29, 1.82) is 0 Å². The van der Waals surface area contributed by atoms with Crippen LogP contribution in [0.15, 0.2) is 24.3 Å². The van der Waals surface area contributed by atoms with Gasteiger partial charge in [-0.2, -0.15) is 0 Å². The van der Waals surface area contributed by atoms with E-state index in [1.54, 1.807) is 23.1 Å². The van der Waals surface area contributed by atoms with Crippen molar-refractivity contribution in [3.8, 4) is 0 Å². The summed E-state index contributed by atoms with van der Waals surface area (Å²) in [6.07, 6.45) is 1.94. The zero-order valence-corrected chi connectivity index (χ0v) is 15.7. The van der Waals surface area contributed by atoms with Crippen molar-refractivity contribution in [3.63, 3.8) is 0 Å². The minimum atomic E-state index is -3.36. The number of benzene rings is 1. The van der Waals surface area contributed by atoms with Crippen LogP contribution in [0.25, 0.3) is 0 Å². The van der Waals surface area contributed by atoms with Gasteiger partial charge in [0.1, 0.15) is 0 Å². The molecular formula is C17H22ClFN2O3S. The number of hydrogen-bond acceptors (Lipinski definition) is 3. The van der Waals surface area contributed by atoms with Gasteiger partial charge in [-0.05, 0) is 30.0 Å². The standard InChI is InChI=1S/C17H22ClFN2O3S/c1-25(23,24)21-6-5-14-9-20(11-17(14,10-19)12-21)16(22)8-13-3-2-4-15(18)7-13/h2-4,7,14H,5-6,8-12H2,1H3/t14-,17-/m0/s1. The fourth-order valence-corrected chi connectivity index (χ4v) is 5.08. The maximum absolute atomic E-state index is 13.9. The molecule has 1 aromatic rings. The van der Waals surface area contributed by atoms with Crippen molar-refractivity contribution < 1.29 is 17.6 Å². The van der Waals surface area contributed by atoms with Gasteiger partial charge < -0.3 is 4.90 Å². The minimum Gasteiger partial charge on any atom is -0.341 e. The first-order chi connectivity index (χ1) is 11.7. The Morgan fingerprint density at radius 1 is 1.40 bits per heavy atom. The molecule has 2 saturated heterocycles. The molecule has 0 N–H and O–H groups in total. The molecule has 0 radical (unpaired) electrons. The van der Waals surface area contributed by atoms with Gasteiger partial charge >= 0.3 is 0 Å². The van der Waals surface area contributed by atoms with Crippen LogP contribution in [0.3, 0.4) is 0 Å². The van der Waals surface area contributed by atoms with E-state index in [4.69, 9.17) is 11.6 Å². The van der Waals surface area contributed by atoms with Crippen LogP contribution in [-0.2, 0) is 21.2 Å². The predicted octanol–water partition coefficient (Wildman–Crippen LogP) is 1.96. The number of alkyl halides is 1. The first kappa shape index (κ1) is 18.6.